The summed E-state index contributed by atoms with van der Waals surface area (Å²) in [5, 5.41) is 9.05. The molecule has 2 rings (SSSR count). The molecule has 5 heteroatoms. The van der Waals surface area contributed by atoms with E-state index in [0.717, 1.165) is 38.8 Å². The Morgan fingerprint density at radius 2 is 1.95 bits per heavy atom. The minimum atomic E-state index is 0.0227. The molecule has 0 aromatic rings. The van der Waals surface area contributed by atoms with Gasteiger partial charge < -0.3 is 16.0 Å². The molecule has 0 aromatic carbocycles. The van der Waals surface area contributed by atoms with Gasteiger partial charge in [-0.2, -0.15) is 0 Å². The molecular weight excluding hydrogens is 242 g/mol. The molecule has 1 unspecified atom stereocenters. The second-order valence-electron chi connectivity index (χ2n) is 5.76. The first-order valence-electron chi connectivity index (χ1n) is 7.43. The molecule has 1 heterocycles. The minimum Gasteiger partial charge on any atom is -0.356 e. The molecule has 0 radical (unpaired) electrons. The van der Waals surface area contributed by atoms with E-state index >= 15 is 0 Å². The first kappa shape index (κ1) is 14.3. The zero-order valence-corrected chi connectivity index (χ0v) is 11.8. The van der Waals surface area contributed by atoms with E-state index in [1.54, 1.807) is 0 Å². The van der Waals surface area contributed by atoms with Crippen LogP contribution in [0.2, 0.25) is 0 Å². The Kier molecular flexibility index (Phi) is 4.80. The van der Waals surface area contributed by atoms with Crippen LogP contribution in [0, 0.1) is 11.3 Å². The molecule has 2 amide bonds. The van der Waals surface area contributed by atoms with E-state index in [0.29, 0.717) is 19.5 Å². The lowest BCUT2D eigenvalue weighted by atomic mass is 9.92. The van der Waals surface area contributed by atoms with Gasteiger partial charge in [-0.1, -0.05) is 6.92 Å². The van der Waals surface area contributed by atoms with Crippen molar-refractivity contribution in [1.82, 2.24) is 16.0 Å². The number of rotatable bonds is 6. The molecular formula is C14H25N3O2. The predicted molar refractivity (Wildman–Crippen MR) is 73.6 cm³/mol. The van der Waals surface area contributed by atoms with Crippen LogP contribution in [-0.2, 0) is 9.59 Å². The van der Waals surface area contributed by atoms with Crippen molar-refractivity contribution < 1.29 is 9.59 Å². The Morgan fingerprint density at radius 1 is 1.21 bits per heavy atom. The topological polar surface area (TPSA) is 70.2 Å². The van der Waals surface area contributed by atoms with Gasteiger partial charge in [0.1, 0.15) is 0 Å². The molecule has 1 aliphatic heterocycles. The fourth-order valence-corrected chi connectivity index (χ4v) is 2.97. The average molecular weight is 267 g/mol. The standard InChI is InChI=1S/C14H25N3O2/c1-2-6-16-12(18)3-7-17-13(19)11-10-14(11)4-8-15-9-5-14/h11,15H,2-10H2,1H3,(H,16,18)(H,17,19). The maximum atomic E-state index is 12.0. The lowest BCUT2D eigenvalue weighted by molar-refractivity contribution is -0.123. The Labute approximate surface area is 114 Å². The number of amides is 2. The molecule has 19 heavy (non-hydrogen) atoms. The third-order valence-electron chi connectivity index (χ3n) is 4.33. The largest absolute Gasteiger partial charge is 0.356 e. The first-order valence-corrected chi connectivity index (χ1v) is 7.43. The van der Waals surface area contributed by atoms with Gasteiger partial charge in [0.05, 0.1) is 0 Å². The summed E-state index contributed by atoms with van der Waals surface area (Å²) in [6.07, 6.45) is 4.58. The van der Waals surface area contributed by atoms with Crippen LogP contribution in [0.1, 0.15) is 39.0 Å². The fraction of sp³-hybridized carbons (Fsp3) is 0.857. The molecule has 5 nitrogen and oxygen atoms in total. The van der Waals surface area contributed by atoms with Gasteiger partial charge in [-0.3, -0.25) is 9.59 Å². The quantitative estimate of drug-likeness (QED) is 0.653. The van der Waals surface area contributed by atoms with Crippen molar-refractivity contribution in [2.75, 3.05) is 26.2 Å². The number of piperidine rings is 1. The van der Waals surface area contributed by atoms with Crippen LogP contribution in [0.15, 0.2) is 0 Å². The summed E-state index contributed by atoms with van der Waals surface area (Å²) in [7, 11) is 0. The molecule has 3 N–H and O–H groups in total. The van der Waals surface area contributed by atoms with Crippen LogP contribution in [-0.4, -0.2) is 38.0 Å². The Morgan fingerprint density at radius 3 is 2.63 bits per heavy atom. The summed E-state index contributed by atoms with van der Waals surface area (Å²) in [6.45, 7) is 5.25. The molecule has 1 saturated carbocycles. The highest BCUT2D eigenvalue weighted by Gasteiger charge is 2.57. The number of hydrogen-bond donors (Lipinski definition) is 3. The van der Waals surface area contributed by atoms with Gasteiger partial charge in [-0.25, -0.2) is 0 Å². The highest BCUT2D eigenvalue weighted by molar-refractivity contribution is 5.83. The van der Waals surface area contributed by atoms with Crippen molar-refractivity contribution in [2.24, 2.45) is 11.3 Å². The van der Waals surface area contributed by atoms with E-state index in [1.165, 1.54) is 0 Å². The molecule has 1 atom stereocenters. The van der Waals surface area contributed by atoms with Gasteiger partial charge in [0.25, 0.3) is 0 Å². The van der Waals surface area contributed by atoms with Gasteiger partial charge in [-0.05, 0) is 44.2 Å². The highest BCUT2D eigenvalue weighted by Crippen LogP contribution is 2.58. The molecule has 2 aliphatic rings. The average Bonchev–Trinajstić information content (AvgIpc) is 3.10. The van der Waals surface area contributed by atoms with E-state index in [-0.39, 0.29) is 23.1 Å². The molecule has 1 saturated heterocycles. The second-order valence-corrected chi connectivity index (χ2v) is 5.76. The highest BCUT2D eigenvalue weighted by atomic mass is 16.2. The van der Waals surface area contributed by atoms with Gasteiger partial charge >= 0.3 is 0 Å². The zero-order valence-electron chi connectivity index (χ0n) is 11.8. The number of carbonyl (C=O) groups excluding carboxylic acids is 2. The third kappa shape index (κ3) is 3.69. The van der Waals surface area contributed by atoms with Crippen molar-refractivity contribution in [1.29, 1.82) is 0 Å². The summed E-state index contributed by atoms with van der Waals surface area (Å²) in [6, 6.07) is 0. The Hall–Kier alpha value is -1.10. The predicted octanol–water partition coefficient (Wildman–Crippen LogP) is 0.409. The zero-order chi connectivity index (χ0) is 13.7. The SMILES string of the molecule is CCCNC(=O)CCNC(=O)C1CC12CCNCC2. The smallest absolute Gasteiger partial charge is 0.223 e. The van der Waals surface area contributed by atoms with Crippen LogP contribution in [0.3, 0.4) is 0 Å². The maximum Gasteiger partial charge on any atom is 0.223 e. The lowest BCUT2D eigenvalue weighted by Crippen LogP contribution is -2.35. The Balaban J connectivity index is 1.62. The van der Waals surface area contributed by atoms with E-state index in [4.69, 9.17) is 0 Å². The molecule has 0 bridgehead atoms. The number of carbonyl (C=O) groups is 2. The summed E-state index contributed by atoms with van der Waals surface area (Å²) in [5.41, 5.74) is 0.278. The summed E-state index contributed by atoms with van der Waals surface area (Å²) in [4.78, 5) is 23.4. The third-order valence-corrected chi connectivity index (χ3v) is 4.33. The first-order chi connectivity index (χ1) is 9.18. The molecule has 2 fully saturated rings. The van der Waals surface area contributed by atoms with Crippen molar-refractivity contribution in [2.45, 2.75) is 39.0 Å². The second kappa shape index (κ2) is 6.37. The van der Waals surface area contributed by atoms with Crippen LogP contribution in [0.5, 0.6) is 0 Å². The van der Waals surface area contributed by atoms with Crippen molar-refractivity contribution >= 4 is 11.8 Å². The molecule has 0 aromatic heterocycles. The molecule has 1 aliphatic carbocycles. The van der Waals surface area contributed by atoms with E-state index in [1.807, 2.05) is 6.92 Å². The van der Waals surface area contributed by atoms with Gasteiger partial charge in [0.15, 0.2) is 0 Å². The minimum absolute atomic E-state index is 0.0227. The summed E-state index contributed by atoms with van der Waals surface area (Å²) >= 11 is 0. The van der Waals surface area contributed by atoms with E-state index in [2.05, 4.69) is 16.0 Å². The van der Waals surface area contributed by atoms with Gasteiger partial charge in [0, 0.05) is 25.4 Å². The van der Waals surface area contributed by atoms with E-state index in [9.17, 15) is 9.59 Å². The number of hydrogen-bond acceptors (Lipinski definition) is 3. The van der Waals surface area contributed by atoms with E-state index < -0.39 is 0 Å². The van der Waals surface area contributed by atoms with Gasteiger partial charge in [0.2, 0.25) is 11.8 Å². The van der Waals surface area contributed by atoms with Crippen LogP contribution in [0.4, 0.5) is 0 Å². The normalized spacial score (nSPS) is 23.9. The van der Waals surface area contributed by atoms with Crippen LogP contribution < -0.4 is 16.0 Å². The van der Waals surface area contributed by atoms with Crippen molar-refractivity contribution in [3.8, 4) is 0 Å². The van der Waals surface area contributed by atoms with Crippen LogP contribution in [0.25, 0.3) is 0 Å². The van der Waals surface area contributed by atoms with Gasteiger partial charge in [-0.15, -0.1) is 0 Å². The number of nitrogens with one attached hydrogen (secondary N) is 3. The van der Waals surface area contributed by atoms with Crippen molar-refractivity contribution in [3.05, 3.63) is 0 Å². The lowest BCUT2D eigenvalue weighted by Gasteiger charge is -2.23. The fourth-order valence-electron chi connectivity index (χ4n) is 2.97. The Bertz CT molecular complexity index is 338. The van der Waals surface area contributed by atoms with Crippen molar-refractivity contribution in [3.63, 3.8) is 0 Å². The molecule has 1 spiro atoms. The molecule has 108 valence electrons. The summed E-state index contributed by atoms with van der Waals surface area (Å²) in [5.74, 6) is 0.355. The van der Waals surface area contributed by atoms with Crippen LogP contribution >= 0.6 is 0 Å². The summed E-state index contributed by atoms with van der Waals surface area (Å²) < 4.78 is 0. The maximum absolute atomic E-state index is 12.0. The monoisotopic (exact) mass is 267 g/mol.